The Morgan fingerprint density at radius 2 is 2.22 bits per heavy atom. The lowest BCUT2D eigenvalue weighted by atomic mass is 10.1. The summed E-state index contributed by atoms with van der Waals surface area (Å²) in [5.41, 5.74) is 10.0. The second-order valence-corrected chi connectivity index (χ2v) is 5.00. The van der Waals surface area contributed by atoms with Gasteiger partial charge in [-0.3, -0.25) is 4.90 Å². The molecule has 0 fully saturated rings. The fraction of sp³-hybridized carbons (Fsp3) is 0.308. The van der Waals surface area contributed by atoms with Crippen molar-refractivity contribution in [1.82, 2.24) is 9.88 Å². The van der Waals surface area contributed by atoms with E-state index in [0.29, 0.717) is 18.7 Å². The maximum Gasteiger partial charge on any atom is 0.127 e. The maximum absolute atomic E-state index is 13.7. The van der Waals surface area contributed by atoms with E-state index in [0.717, 1.165) is 17.8 Å². The van der Waals surface area contributed by atoms with Crippen LogP contribution in [-0.4, -0.2) is 16.9 Å². The van der Waals surface area contributed by atoms with Crippen LogP contribution >= 0.6 is 11.3 Å². The van der Waals surface area contributed by atoms with E-state index in [1.165, 1.54) is 6.07 Å². The smallest absolute Gasteiger partial charge is 0.127 e. The van der Waals surface area contributed by atoms with E-state index in [2.05, 4.69) is 4.98 Å². The third-order valence-electron chi connectivity index (χ3n) is 2.70. The minimum Gasteiger partial charge on any atom is -0.326 e. The summed E-state index contributed by atoms with van der Waals surface area (Å²) in [6.07, 6.45) is 0. The molecule has 0 radical (unpaired) electrons. The zero-order chi connectivity index (χ0) is 13.0. The summed E-state index contributed by atoms with van der Waals surface area (Å²) in [5.74, 6) is -0.183. The van der Waals surface area contributed by atoms with Gasteiger partial charge in [0.25, 0.3) is 0 Å². The van der Waals surface area contributed by atoms with Crippen LogP contribution < -0.4 is 5.73 Å². The van der Waals surface area contributed by atoms with Gasteiger partial charge in [0, 0.05) is 30.6 Å². The number of benzene rings is 1. The monoisotopic (exact) mass is 265 g/mol. The van der Waals surface area contributed by atoms with Gasteiger partial charge < -0.3 is 5.73 Å². The topological polar surface area (TPSA) is 42.2 Å². The molecule has 0 aliphatic carbocycles. The SMILES string of the molecule is CN(Cc1cscn1)Cc1cc(CN)ccc1F. The Morgan fingerprint density at radius 3 is 2.89 bits per heavy atom. The number of halogens is 1. The number of nitrogens with two attached hydrogens (primary N) is 1. The van der Waals surface area contributed by atoms with Crippen LogP contribution in [0.2, 0.25) is 0 Å². The number of hydrogen-bond acceptors (Lipinski definition) is 4. The molecule has 2 N–H and O–H groups in total. The van der Waals surface area contributed by atoms with Crippen molar-refractivity contribution in [3.63, 3.8) is 0 Å². The van der Waals surface area contributed by atoms with Gasteiger partial charge in [-0.25, -0.2) is 9.37 Å². The normalized spacial score (nSPS) is 11.1. The van der Waals surface area contributed by atoms with Crippen molar-refractivity contribution < 1.29 is 4.39 Å². The molecular weight excluding hydrogens is 249 g/mol. The van der Waals surface area contributed by atoms with Gasteiger partial charge in [-0.15, -0.1) is 11.3 Å². The molecule has 0 saturated heterocycles. The Kier molecular flexibility index (Phi) is 4.41. The second kappa shape index (κ2) is 6.04. The van der Waals surface area contributed by atoms with Crippen LogP contribution in [0.5, 0.6) is 0 Å². The van der Waals surface area contributed by atoms with Crippen molar-refractivity contribution in [3.05, 3.63) is 51.7 Å². The van der Waals surface area contributed by atoms with Gasteiger partial charge in [0.1, 0.15) is 5.82 Å². The van der Waals surface area contributed by atoms with Crippen molar-refractivity contribution in [2.24, 2.45) is 5.73 Å². The third kappa shape index (κ3) is 3.35. The molecule has 18 heavy (non-hydrogen) atoms. The lowest BCUT2D eigenvalue weighted by molar-refractivity contribution is 0.310. The predicted octanol–water partition coefficient (Wildman–Crippen LogP) is 2.37. The second-order valence-electron chi connectivity index (χ2n) is 4.28. The van der Waals surface area contributed by atoms with E-state index in [9.17, 15) is 4.39 Å². The summed E-state index contributed by atoms with van der Waals surface area (Å²) >= 11 is 1.57. The fourth-order valence-corrected chi connectivity index (χ4v) is 2.36. The van der Waals surface area contributed by atoms with Crippen LogP contribution in [0, 0.1) is 5.82 Å². The lowest BCUT2D eigenvalue weighted by Gasteiger charge is -2.16. The van der Waals surface area contributed by atoms with E-state index in [1.54, 1.807) is 22.9 Å². The summed E-state index contributed by atoms with van der Waals surface area (Å²) < 4.78 is 13.7. The van der Waals surface area contributed by atoms with Gasteiger partial charge in [-0.05, 0) is 18.7 Å². The largest absolute Gasteiger partial charge is 0.326 e. The van der Waals surface area contributed by atoms with Crippen LogP contribution in [0.3, 0.4) is 0 Å². The zero-order valence-corrected chi connectivity index (χ0v) is 11.1. The van der Waals surface area contributed by atoms with E-state index in [1.807, 2.05) is 23.4 Å². The predicted molar refractivity (Wildman–Crippen MR) is 71.6 cm³/mol. The zero-order valence-electron chi connectivity index (χ0n) is 10.3. The molecule has 3 nitrogen and oxygen atoms in total. The van der Waals surface area contributed by atoms with Crippen molar-refractivity contribution in [3.8, 4) is 0 Å². The summed E-state index contributed by atoms with van der Waals surface area (Å²) in [6.45, 7) is 1.70. The van der Waals surface area contributed by atoms with Crippen molar-refractivity contribution in [1.29, 1.82) is 0 Å². The molecular formula is C13H16FN3S. The molecule has 96 valence electrons. The highest BCUT2D eigenvalue weighted by atomic mass is 32.1. The summed E-state index contributed by atoms with van der Waals surface area (Å²) in [5, 5.41) is 2.00. The summed E-state index contributed by atoms with van der Waals surface area (Å²) in [4.78, 5) is 6.25. The number of hydrogen-bond donors (Lipinski definition) is 1. The highest BCUT2D eigenvalue weighted by Crippen LogP contribution is 2.14. The highest BCUT2D eigenvalue weighted by molar-refractivity contribution is 7.07. The van der Waals surface area contributed by atoms with Gasteiger partial charge in [-0.1, -0.05) is 12.1 Å². The molecule has 1 aromatic heterocycles. The molecule has 0 atom stereocenters. The molecule has 0 aliphatic rings. The molecule has 2 aromatic rings. The van der Waals surface area contributed by atoms with Gasteiger partial charge in [-0.2, -0.15) is 0 Å². The molecule has 0 unspecified atom stereocenters. The van der Waals surface area contributed by atoms with Gasteiger partial charge in [0.15, 0.2) is 0 Å². The summed E-state index contributed by atoms with van der Waals surface area (Å²) in [7, 11) is 1.95. The van der Waals surface area contributed by atoms with Crippen LogP contribution in [0.4, 0.5) is 4.39 Å². The third-order valence-corrected chi connectivity index (χ3v) is 3.34. The van der Waals surface area contributed by atoms with Crippen LogP contribution in [0.1, 0.15) is 16.8 Å². The first kappa shape index (κ1) is 13.1. The summed E-state index contributed by atoms with van der Waals surface area (Å²) in [6, 6.07) is 5.03. The van der Waals surface area contributed by atoms with Crippen molar-refractivity contribution >= 4 is 11.3 Å². The van der Waals surface area contributed by atoms with Crippen molar-refractivity contribution in [2.45, 2.75) is 19.6 Å². The van der Waals surface area contributed by atoms with Gasteiger partial charge in [0.2, 0.25) is 0 Å². The molecule has 0 amide bonds. The quantitative estimate of drug-likeness (QED) is 0.902. The first-order valence-corrected chi connectivity index (χ1v) is 6.66. The van der Waals surface area contributed by atoms with Crippen LogP contribution in [0.15, 0.2) is 29.1 Å². The van der Waals surface area contributed by atoms with Crippen molar-refractivity contribution in [2.75, 3.05) is 7.05 Å². The Balaban J connectivity index is 2.04. The number of aromatic nitrogens is 1. The van der Waals surface area contributed by atoms with Crippen LogP contribution in [0.25, 0.3) is 0 Å². The molecule has 0 bridgehead atoms. The number of thiazole rings is 1. The van der Waals surface area contributed by atoms with E-state index in [4.69, 9.17) is 5.73 Å². The first-order chi connectivity index (χ1) is 8.69. The number of nitrogens with zero attached hydrogens (tertiary/aromatic N) is 2. The minimum atomic E-state index is -0.183. The van der Waals surface area contributed by atoms with Gasteiger partial charge in [0.05, 0.1) is 11.2 Å². The highest BCUT2D eigenvalue weighted by Gasteiger charge is 2.08. The number of rotatable bonds is 5. The Hall–Kier alpha value is -1.30. The van der Waals surface area contributed by atoms with Crippen LogP contribution in [-0.2, 0) is 19.6 Å². The fourth-order valence-electron chi connectivity index (χ4n) is 1.82. The first-order valence-electron chi connectivity index (χ1n) is 5.72. The van der Waals surface area contributed by atoms with E-state index in [-0.39, 0.29) is 5.82 Å². The Morgan fingerprint density at radius 1 is 1.39 bits per heavy atom. The molecule has 1 heterocycles. The molecule has 0 aliphatic heterocycles. The molecule has 0 spiro atoms. The lowest BCUT2D eigenvalue weighted by Crippen LogP contribution is -2.18. The Labute approximate surface area is 110 Å². The minimum absolute atomic E-state index is 0.183. The van der Waals surface area contributed by atoms with Gasteiger partial charge >= 0.3 is 0 Å². The average molecular weight is 265 g/mol. The molecule has 1 aromatic carbocycles. The molecule has 2 rings (SSSR count). The Bertz CT molecular complexity index is 499. The van der Waals surface area contributed by atoms with E-state index < -0.39 is 0 Å². The average Bonchev–Trinajstić information content (AvgIpc) is 2.84. The molecule has 5 heteroatoms. The standard InChI is InChI=1S/C13H16FN3S/c1-17(7-12-8-18-9-16-12)6-11-4-10(5-15)2-3-13(11)14/h2-4,8-9H,5-7,15H2,1H3. The van der Waals surface area contributed by atoms with E-state index >= 15 is 0 Å². The molecule has 0 saturated carbocycles. The maximum atomic E-state index is 13.7.